The van der Waals surface area contributed by atoms with E-state index in [-0.39, 0.29) is 12.3 Å². The van der Waals surface area contributed by atoms with E-state index in [1.807, 2.05) is 6.92 Å². The van der Waals surface area contributed by atoms with Gasteiger partial charge >= 0.3 is 5.97 Å². The van der Waals surface area contributed by atoms with Crippen LogP contribution in [0.2, 0.25) is 0 Å². The molecule has 1 aliphatic heterocycles. The number of aliphatic carboxylic acids is 1. The number of carbonyl (C=O) groups is 2. The van der Waals surface area contributed by atoms with Crippen LogP contribution < -0.4 is 10.6 Å². The molecule has 0 aliphatic carbocycles. The predicted octanol–water partition coefficient (Wildman–Crippen LogP) is 0.522. The van der Waals surface area contributed by atoms with Crippen LogP contribution in [0.4, 0.5) is 0 Å². The molecule has 0 bridgehead atoms. The number of carbonyl (C=O) groups excluding carboxylic acids is 1. The van der Waals surface area contributed by atoms with Gasteiger partial charge in [-0.05, 0) is 25.8 Å². The van der Waals surface area contributed by atoms with Gasteiger partial charge in [0.1, 0.15) is 6.04 Å². The summed E-state index contributed by atoms with van der Waals surface area (Å²) in [4.78, 5) is 23.1. The van der Waals surface area contributed by atoms with Crippen molar-refractivity contribution in [3.05, 3.63) is 12.7 Å². The van der Waals surface area contributed by atoms with Crippen LogP contribution in [-0.4, -0.2) is 36.1 Å². The lowest BCUT2D eigenvalue weighted by atomic mass is 9.83. The summed E-state index contributed by atoms with van der Waals surface area (Å²) in [6.07, 6.45) is 3.22. The first-order valence-electron chi connectivity index (χ1n) is 5.91. The number of hydrogen-bond donors (Lipinski definition) is 3. The highest BCUT2D eigenvalue weighted by atomic mass is 16.4. The molecule has 0 radical (unpaired) electrons. The van der Waals surface area contributed by atoms with Crippen molar-refractivity contribution in [1.29, 1.82) is 0 Å². The molecule has 0 aromatic carbocycles. The minimum absolute atomic E-state index is 0.167. The summed E-state index contributed by atoms with van der Waals surface area (Å²) in [5.74, 6) is -1.19. The summed E-state index contributed by atoms with van der Waals surface area (Å²) in [5.41, 5.74) is -0.450. The van der Waals surface area contributed by atoms with Crippen LogP contribution in [0.3, 0.4) is 0 Å². The molecule has 3 N–H and O–H groups in total. The molecule has 5 heteroatoms. The van der Waals surface area contributed by atoms with E-state index in [1.165, 1.54) is 6.08 Å². The van der Waals surface area contributed by atoms with Crippen molar-refractivity contribution < 1.29 is 14.7 Å². The number of hydrogen-bond acceptors (Lipinski definition) is 3. The molecule has 17 heavy (non-hydrogen) atoms. The SMILES string of the molecule is C=CCC(NC(=O)C1(CC)CCNC1)C(=O)O. The van der Waals surface area contributed by atoms with Gasteiger partial charge in [-0.1, -0.05) is 13.0 Å². The van der Waals surface area contributed by atoms with Gasteiger partial charge in [0.25, 0.3) is 0 Å². The molecule has 1 fully saturated rings. The van der Waals surface area contributed by atoms with Crippen LogP contribution in [0.25, 0.3) is 0 Å². The highest BCUT2D eigenvalue weighted by Crippen LogP contribution is 2.29. The van der Waals surface area contributed by atoms with E-state index in [0.717, 1.165) is 13.0 Å². The summed E-state index contributed by atoms with van der Waals surface area (Å²) in [5, 5.41) is 14.7. The fourth-order valence-corrected chi connectivity index (χ4v) is 2.10. The molecule has 96 valence electrons. The summed E-state index contributed by atoms with van der Waals surface area (Å²) in [7, 11) is 0. The lowest BCUT2D eigenvalue weighted by Gasteiger charge is -2.27. The van der Waals surface area contributed by atoms with Gasteiger partial charge in [0.2, 0.25) is 5.91 Å². The van der Waals surface area contributed by atoms with E-state index in [9.17, 15) is 9.59 Å². The van der Waals surface area contributed by atoms with E-state index in [0.29, 0.717) is 13.0 Å². The quantitative estimate of drug-likeness (QED) is 0.591. The lowest BCUT2D eigenvalue weighted by molar-refractivity contribution is -0.143. The third-order valence-electron chi connectivity index (χ3n) is 3.41. The van der Waals surface area contributed by atoms with Crippen molar-refractivity contribution in [1.82, 2.24) is 10.6 Å². The highest BCUT2D eigenvalue weighted by Gasteiger charge is 2.40. The molecule has 0 spiro atoms. The number of amides is 1. The van der Waals surface area contributed by atoms with Crippen LogP contribution in [0, 0.1) is 5.41 Å². The zero-order chi connectivity index (χ0) is 12.9. The van der Waals surface area contributed by atoms with Crippen LogP contribution in [0.15, 0.2) is 12.7 Å². The van der Waals surface area contributed by atoms with Gasteiger partial charge in [-0.2, -0.15) is 0 Å². The molecule has 0 saturated carbocycles. The average Bonchev–Trinajstić information content (AvgIpc) is 2.78. The first-order valence-corrected chi connectivity index (χ1v) is 5.91. The summed E-state index contributed by atoms with van der Waals surface area (Å²) in [6.45, 7) is 6.88. The molecule has 5 nitrogen and oxygen atoms in total. The Labute approximate surface area is 101 Å². The van der Waals surface area contributed by atoms with E-state index in [2.05, 4.69) is 17.2 Å². The van der Waals surface area contributed by atoms with E-state index < -0.39 is 17.4 Å². The van der Waals surface area contributed by atoms with Gasteiger partial charge in [0.05, 0.1) is 5.41 Å². The largest absolute Gasteiger partial charge is 0.480 e. The summed E-state index contributed by atoms with van der Waals surface area (Å²) >= 11 is 0. The molecule has 1 aliphatic rings. The van der Waals surface area contributed by atoms with Gasteiger partial charge in [-0.3, -0.25) is 4.79 Å². The molecular formula is C12H20N2O3. The third-order valence-corrected chi connectivity index (χ3v) is 3.41. The third kappa shape index (κ3) is 3.06. The molecule has 1 saturated heterocycles. The lowest BCUT2D eigenvalue weighted by Crippen LogP contribution is -2.49. The zero-order valence-electron chi connectivity index (χ0n) is 10.2. The average molecular weight is 240 g/mol. The van der Waals surface area contributed by atoms with Crippen molar-refractivity contribution in [3.8, 4) is 0 Å². The molecule has 2 unspecified atom stereocenters. The minimum Gasteiger partial charge on any atom is -0.480 e. The van der Waals surface area contributed by atoms with E-state index in [4.69, 9.17) is 5.11 Å². The maximum absolute atomic E-state index is 12.1. The fraction of sp³-hybridized carbons (Fsp3) is 0.667. The Bertz CT molecular complexity index is 309. The Morgan fingerprint density at radius 3 is 2.76 bits per heavy atom. The second-order valence-corrected chi connectivity index (χ2v) is 4.45. The number of carboxylic acids is 1. The second kappa shape index (κ2) is 5.82. The van der Waals surface area contributed by atoms with Crippen molar-refractivity contribution in [2.24, 2.45) is 5.41 Å². The van der Waals surface area contributed by atoms with Crippen LogP contribution >= 0.6 is 0 Å². The Hall–Kier alpha value is -1.36. The van der Waals surface area contributed by atoms with E-state index in [1.54, 1.807) is 0 Å². The standard InChI is InChI=1S/C12H20N2O3/c1-3-5-9(10(15)16)14-11(17)12(4-2)6-7-13-8-12/h3,9,13H,1,4-8H2,2H3,(H,14,17)(H,15,16). The monoisotopic (exact) mass is 240 g/mol. The smallest absolute Gasteiger partial charge is 0.326 e. The molecule has 1 heterocycles. The molecule has 2 atom stereocenters. The molecular weight excluding hydrogens is 220 g/mol. The zero-order valence-corrected chi connectivity index (χ0v) is 10.2. The van der Waals surface area contributed by atoms with Gasteiger partial charge in [0.15, 0.2) is 0 Å². The number of nitrogens with one attached hydrogen (secondary N) is 2. The Morgan fingerprint density at radius 1 is 1.65 bits per heavy atom. The van der Waals surface area contributed by atoms with Crippen LogP contribution in [0.5, 0.6) is 0 Å². The first-order chi connectivity index (χ1) is 8.05. The summed E-state index contributed by atoms with van der Waals surface area (Å²) in [6, 6.07) is -0.871. The normalized spacial score (nSPS) is 25.2. The molecule has 1 rings (SSSR count). The second-order valence-electron chi connectivity index (χ2n) is 4.45. The van der Waals surface area contributed by atoms with Crippen molar-refractivity contribution in [2.75, 3.05) is 13.1 Å². The maximum Gasteiger partial charge on any atom is 0.326 e. The van der Waals surface area contributed by atoms with Crippen molar-refractivity contribution in [2.45, 2.75) is 32.2 Å². The van der Waals surface area contributed by atoms with Crippen LogP contribution in [0.1, 0.15) is 26.2 Å². The maximum atomic E-state index is 12.1. The van der Waals surface area contributed by atoms with Gasteiger partial charge < -0.3 is 15.7 Å². The Balaban J connectivity index is 2.68. The minimum atomic E-state index is -1.02. The fourth-order valence-electron chi connectivity index (χ4n) is 2.10. The summed E-state index contributed by atoms with van der Waals surface area (Å²) < 4.78 is 0. The van der Waals surface area contributed by atoms with E-state index >= 15 is 0 Å². The Kier molecular flexibility index (Phi) is 4.69. The highest BCUT2D eigenvalue weighted by molar-refractivity contribution is 5.88. The van der Waals surface area contributed by atoms with Gasteiger partial charge in [-0.25, -0.2) is 4.79 Å². The topological polar surface area (TPSA) is 78.4 Å². The predicted molar refractivity (Wildman–Crippen MR) is 64.6 cm³/mol. The Morgan fingerprint density at radius 2 is 2.35 bits per heavy atom. The van der Waals surface area contributed by atoms with Gasteiger partial charge in [0, 0.05) is 6.54 Å². The molecule has 1 amide bonds. The van der Waals surface area contributed by atoms with Gasteiger partial charge in [-0.15, -0.1) is 6.58 Å². The number of rotatable bonds is 6. The van der Waals surface area contributed by atoms with Crippen molar-refractivity contribution in [3.63, 3.8) is 0 Å². The van der Waals surface area contributed by atoms with Crippen LogP contribution in [-0.2, 0) is 9.59 Å². The first kappa shape index (κ1) is 13.7. The molecule has 0 aromatic heterocycles. The van der Waals surface area contributed by atoms with Crippen molar-refractivity contribution >= 4 is 11.9 Å². The molecule has 0 aromatic rings. The number of carboxylic acid groups (broad SMARTS) is 1.